The van der Waals surface area contributed by atoms with Crippen molar-refractivity contribution in [3.63, 3.8) is 0 Å². The second-order valence-electron chi connectivity index (χ2n) is 21.4. The van der Waals surface area contributed by atoms with Crippen molar-refractivity contribution >= 4 is 74.1 Å². The number of nitrogens with zero attached hydrogens (tertiary/aromatic N) is 19. The quantitative estimate of drug-likeness (QED) is 0.0208. The molecule has 0 aromatic carbocycles. The fourth-order valence-corrected chi connectivity index (χ4v) is 9.39. The van der Waals surface area contributed by atoms with E-state index in [0.717, 1.165) is 77.3 Å². The van der Waals surface area contributed by atoms with Gasteiger partial charge in [0.05, 0.1) is 81.9 Å². The average molecular weight is 1520 g/mol. The second-order valence-corrected chi connectivity index (χ2v) is 21.4. The second kappa shape index (κ2) is 42.5. The van der Waals surface area contributed by atoms with Crippen LogP contribution in [0.4, 0.5) is 44.5 Å². The van der Waals surface area contributed by atoms with Crippen LogP contribution < -0.4 is 92.1 Å². The molecule has 8 N–H and O–H groups in total. The van der Waals surface area contributed by atoms with E-state index in [0.29, 0.717) is 67.7 Å². The Morgan fingerprint density at radius 2 is 1.04 bits per heavy atom. The summed E-state index contributed by atoms with van der Waals surface area (Å²) < 4.78 is 15.6. The van der Waals surface area contributed by atoms with Gasteiger partial charge in [0, 0.05) is 90.0 Å². The van der Waals surface area contributed by atoms with Gasteiger partial charge in [0.1, 0.15) is 42.7 Å². The van der Waals surface area contributed by atoms with Gasteiger partial charge in [-0.2, -0.15) is 29.6 Å². The number of aromatic amines is 2. The predicted octanol–water partition coefficient (Wildman–Crippen LogP) is 3.83. The van der Waals surface area contributed by atoms with Crippen molar-refractivity contribution < 1.29 is 99.4 Å². The van der Waals surface area contributed by atoms with E-state index in [1.54, 1.807) is 40.7 Å². The van der Waals surface area contributed by atoms with Gasteiger partial charge < -0.3 is 17.2 Å². The number of pyridine rings is 5. The maximum absolute atomic E-state index is 12.4. The Labute approximate surface area is 649 Å². The Bertz CT molecular complexity index is 4920. The molecule has 0 bridgehead atoms. The summed E-state index contributed by atoms with van der Waals surface area (Å²) in [6.45, 7) is 26.1. The van der Waals surface area contributed by atoms with E-state index in [9.17, 15) is 69.7 Å². The van der Waals surface area contributed by atoms with Crippen molar-refractivity contribution in [2.45, 2.75) is 110 Å². The van der Waals surface area contributed by atoms with Crippen LogP contribution in [0.5, 0.6) is 0 Å². The number of ketones is 1. The van der Waals surface area contributed by atoms with E-state index in [1.165, 1.54) is 74.2 Å². The number of halogens is 2. The van der Waals surface area contributed by atoms with Gasteiger partial charge in [-0.25, -0.2) is 34.4 Å². The van der Waals surface area contributed by atoms with Crippen molar-refractivity contribution in [3.8, 4) is 45.9 Å². The van der Waals surface area contributed by atoms with Crippen molar-refractivity contribution in [1.82, 2.24) is 64.3 Å². The third-order valence-electron chi connectivity index (χ3n) is 14.0. The molecule has 0 aliphatic heterocycles. The first kappa shape index (κ1) is 93.1. The Hall–Kier alpha value is -10.9. The fraction of sp³-hybridized carbons (Fsp3) is 0.286. The molecule has 1 unspecified atom stereocenters. The van der Waals surface area contributed by atoms with Gasteiger partial charge in [0.15, 0.2) is 22.9 Å². The number of H-pyrrole nitrogens is 2. The van der Waals surface area contributed by atoms with Crippen LogP contribution in [0, 0.1) is 148 Å². The van der Waals surface area contributed by atoms with Gasteiger partial charge in [-0.05, 0) is 112 Å². The molecule has 0 radical (unpaired) electrons. The number of allylic oxidation sites excluding steroid dienone is 2. The van der Waals surface area contributed by atoms with Crippen LogP contribution in [-0.4, -0.2) is 108 Å². The van der Waals surface area contributed by atoms with Gasteiger partial charge in [-0.3, -0.25) is 87.0 Å². The van der Waals surface area contributed by atoms with E-state index in [4.69, 9.17) is 16.3 Å². The summed E-state index contributed by atoms with van der Waals surface area (Å²) in [5, 5.41) is 93.5. The Kier molecular flexibility index (Phi) is 38.1. The molecule has 37 nitrogen and oxygen atoms in total. The molecule has 10 heterocycles. The number of hydrogen-bond acceptors (Lipinski definition) is 28. The molecule has 0 saturated carbocycles. The third-order valence-corrected chi connectivity index (χ3v) is 14.0. The number of aromatic nitrogens is 13. The van der Waals surface area contributed by atoms with E-state index < -0.39 is 36.5 Å². The smallest absolute Gasteiger partial charge is 1.00 e. The van der Waals surface area contributed by atoms with Crippen LogP contribution in [0.3, 0.4) is 0 Å². The maximum Gasteiger partial charge on any atom is 1.00 e. The molecule has 0 aliphatic rings. The number of nitro groups is 5. The SMILES string of the molecule is Br.C.C/C([O-])=C/C#N.CC(=O)C(C#N)c1ncc([N+](=O)[O-])cc1C.CCN(CC)c1cc(C)nc2c(-c3ncc([N+](=O)[O-])cc3C)c(C)nn12.Cc1cc(=O)n2[nH]c(C)c(-c3ncc([N+](=O)[O-])cc3C)c2n1.Cc1cc([N+](=O)[O-])cnc1-c1c(N)n[nH]c1C.Cc1cc([N+](=O)[O-])cnc1F.NN.[H-].[Na+].[Na+]. The van der Waals surface area contributed by atoms with Gasteiger partial charge in [0.2, 0.25) is 5.95 Å². The number of fused-ring (bicyclic) bond motifs is 2. The van der Waals surface area contributed by atoms with E-state index in [1.807, 2.05) is 44.3 Å². The van der Waals surface area contributed by atoms with E-state index in [-0.39, 0.29) is 142 Å². The number of carbonyl (C=O) groups excluding carboxylic acids is 1. The molecular formula is C63H74BrFN24Na2O13. The van der Waals surface area contributed by atoms with Crippen LogP contribution in [0.15, 0.2) is 90.1 Å². The zero-order valence-corrected chi connectivity index (χ0v) is 64.5. The van der Waals surface area contributed by atoms with E-state index >= 15 is 0 Å². The molecule has 540 valence electrons. The molecule has 41 heteroatoms. The normalized spacial score (nSPS) is 10.3. The predicted molar refractivity (Wildman–Crippen MR) is 379 cm³/mol. The van der Waals surface area contributed by atoms with Crippen LogP contribution in [0.2, 0.25) is 0 Å². The number of nitrogen functional groups attached to an aromatic ring is 1. The number of anilines is 2. The summed E-state index contributed by atoms with van der Waals surface area (Å²) in [5.41, 5.74) is 17.0. The maximum atomic E-state index is 12.4. The van der Waals surface area contributed by atoms with Crippen molar-refractivity contribution in [1.29, 1.82) is 10.5 Å². The number of nitrogens with one attached hydrogen (secondary N) is 2. The molecule has 10 rings (SSSR count). The molecule has 104 heavy (non-hydrogen) atoms. The minimum atomic E-state index is -0.958. The number of nitrogens with two attached hydrogens (primary N) is 3. The first-order chi connectivity index (χ1) is 47.1. The molecule has 0 aliphatic carbocycles. The number of nitriles is 2. The van der Waals surface area contributed by atoms with Crippen LogP contribution in [0.1, 0.15) is 104 Å². The monoisotopic (exact) mass is 1520 g/mol. The topological polar surface area (TPSA) is 558 Å². The summed E-state index contributed by atoms with van der Waals surface area (Å²) in [6, 6.07) is 13.8. The number of carbonyl (C=O) groups is 1. The summed E-state index contributed by atoms with van der Waals surface area (Å²) >= 11 is 0. The van der Waals surface area contributed by atoms with Gasteiger partial charge in [0.25, 0.3) is 34.0 Å². The Morgan fingerprint density at radius 1 is 0.635 bits per heavy atom. The van der Waals surface area contributed by atoms with Crippen LogP contribution in [-0.2, 0) is 4.79 Å². The fourth-order valence-electron chi connectivity index (χ4n) is 9.39. The largest absolute Gasteiger partial charge is 1.00 e. The summed E-state index contributed by atoms with van der Waals surface area (Å²) in [4.78, 5) is 104. The molecule has 1 atom stereocenters. The van der Waals surface area contributed by atoms with Crippen molar-refractivity contribution in [2.75, 3.05) is 23.7 Å². The minimum absolute atomic E-state index is 0. The summed E-state index contributed by atoms with van der Waals surface area (Å²) in [5.74, 6) is 7.17. The summed E-state index contributed by atoms with van der Waals surface area (Å²) in [6.07, 6.45) is 6.61. The van der Waals surface area contributed by atoms with Gasteiger partial charge in [-0.1, -0.05) is 14.4 Å². The number of Topliss-reactive ketones (excluding diaryl/α,β-unsaturated/α-hetero) is 1. The molecule has 10 aromatic rings. The van der Waals surface area contributed by atoms with Crippen LogP contribution >= 0.6 is 17.0 Å². The molecule has 0 amide bonds. The molecule has 0 fully saturated rings. The minimum Gasteiger partial charge on any atom is -1.00 e. The molecular weight excluding hydrogens is 1450 g/mol. The van der Waals surface area contributed by atoms with Gasteiger partial charge >= 0.3 is 59.1 Å². The number of hydrogen-bond donors (Lipinski definition) is 5. The zero-order chi connectivity index (χ0) is 75.3. The Balaban J connectivity index is 0. The number of hydrazine groups is 1. The number of aryl methyl sites for hydroxylation is 10. The molecule has 0 spiro atoms. The van der Waals surface area contributed by atoms with Crippen molar-refractivity contribution in [3.05, 3.63) is 214 Å². The van der Waals surface area contributed by atoms with Crippen molar-refractivity contribution in [2.24, 2.45) is 11.7 Å². The van der Waals surface area contributed by atoms with Gasteiger partial charge in [-0.15, -0.1) is 22.7 Å². The van der Waals surface area contributed by atoms with E-state index in [2.05, 4.69) is 85.7 Å². The standard InChI is InChI=1S/C18H22N6O2.C14H13N5O3.C10H11N5O2.C10H9N3O3.C6H5FN2O2.C4H5NO.CH4.BrH.H4N2.2Na.H/c1-6-22(7-2)15-9-12(4)20-18-16(13(5)21-23(15)18)17-11(3)8-14(10-19-17)24(25)26;1-7-4-10(19(21)22)6-15-13(7)12-9(3)17-18-11(20)5-8(2)16-14(12)18;1-5-3-7(15(16)17)4-12-9(5)8-6(2)13-14-10(8)11;1-6-3-8(13(15)16)5-12-10(6)9(4-11)7(2)14;1-4-2-5(9(10)11)3-8-6(4)7;1-4(6)2-3-5;;;1-2;;;/h8-10H,6-7H2,1-5H3;4-6,17H,1-3H3;3-4H,1-2H3,(H3,11,13,14);3,5,9H,1-2H3;2-3H,1H3;2,6H,1H3;1H4;1H;1-2H2;;;/q;;;;;;;;;2*+1;-1/p-1/b;;;;;4-2-;;;;;;. The Morgan fingerprint density at radius 3 is 1.40 bits per heavy atom. The average Bonchev–Trinajstić information content (AvgIpc) is 1.62. The number of rotatable bonds is 13. The molecule has 0 saturated heterocycles. The van der Waals surface area contributed by atoms with Crippen LogP contribution in [0.25, 0.3) is 45.1 Å². The summed E-state index contributed by atoms with van der Waals surface area (Å²) in [7, 11) is 0. The molecule has 10 aromatic heterocycles. The zero-order valence-electron chi connectivity index (χ0n) is 59.8. The third kappa shape index (κ3) is 23.9. The first-order valence-corrected chi connectivity index (χ1v) is 29.3. The first-order valence-electron chi connectivity index (χ1n) is 29.3.